The van der Waals surface area contributed by atoms with E-state index in [0.29, 0.717) is 67.6 Å². The molecule has 2 aliphatic rings. The fourth-order valence-electron chi connectivity index (χ4n) is 5.57. The summed E-state index contributed by atoms with van der Waals surface area (Å²) in [6.45, 7) is 5.04. The number of hydrogen-bond donors (Lipinski definition) is 1. The number of fused-ring (bicyclic) bond motifs is 1. The van der Waals surface area contributed by atoms with E-state index in [1.54, 1.807) is 43.6 Å². The molecule has 1 atom stereocenters. The smallest absolute Gasteiger partial charge is 0.269 e. The van der Waals surface area contributed by atoms with E-state index in [4.69, 9.17) is 4.74 Å². The van der Waals surface area contributed by atoms with E-state index in [9.17, 15) is 14.9 Å². The number of amides is 1. The summed E-state index contributed by atoms with van der Waals surface area (Å²) in [6.07, 6.45) is 3.36. The molecule has 4 aromatic rings. The third-order valence-corrected chi connectivity index (χ3v) is 7.78. The van der Waals surface area contributed by atoms with Gasteiger partial charge in [-0.3, -0.25) is 9.59 Å². The van der Waals surface area contributed by atoms with Crippen LogP contribution < -0.4 is 20.1 Å². The summed E-state index contributed by atoms with van der Waals surface area (Å²) in [5, 5.41) is 15.9. The Hall–Kier alpha value is -5.17. The molecule has 0 radical (unpaired) electrons. The molecule has 0 aliphatic carbocycles. The summed E-state index contributed by atoms with van der Waals surface area (Å²) >= 11 is 0. The van der Waals surface area contributed by atoms with E-state index in [-0.39, 0.29) is 17.5 Å². The second-order valence-corrected chi connectivity index (χ2v) is 10.2. The van der Waals surface area contributed by atoms with E-state index in [0.717, 1.165) is 11.3 Å². The Morgan fingerprint density at radius 1 is 1.10 bits per heavy atom. The van der Waals surface area contributed by atoms with Gasteiger partial charge in [0.05, 0.1) is 23.5 Å². The van der Waals surface area contributed by atoms with Crippen LogP contribution in [0.25, 0.3) is 0 Å². The van der Waals surface area contributed by atoms with E-state index in [1.165, 1.54) is 5.56 Å². The fourth-order valence-corrected chi connectivity index (χ4v) is 5.57. The molecule has 10 heteroatoms. The quantitative estimate of drug-likeness (QED) is 0.390. The van der Waals surface area contributed by atoms with Gasteiger partial charge in [-0.15, -0.1) is 0 Å². The van der Waals surface area contributed by atoms with Crippen LogP contribution in [-0.2, 0) is 6.54 Å². The predicted octanol–water partition coefficient (Wildman–Crippen LogP) is 3.45. The zero-order valence-corrected chi connectivity index (χ0v) is 22.7. The van der Waals surface area contributed by atoms with Crippen molar-refractivity contribution in [3.63, 3.8) is 0 Å². The number of carbonyl (C=O) groups excluding carboxylic acids is 1. The van der Waals surface area contributed by atoms with Crippen molar-refractivity contribution in [1.29, 1.82) is 5.26 Å². The van der Waals surface area contributed by atoms with E-state index < -0.39 is 0 Å². The van der Waals surface area contributed by atoms with Crippen LogP contribution in [0.3, 0.4) is 0 Å². The second kappa shape index (κ2) is 11.1. The normalized spacial score (nSPS) is 16.3. The number of benzene rings is 2. The molecule has 2 aromatic carbocycles. The SMILES string of the molecule is Cc1c(N2Cc3ccccc3C2COc2cccc(C(=O)N3CCN(c4ncccc4C#N)CC3)c2)cn[nH]c1=O. The topological polar surface area (TPSA) is 118 Å². The molecular formula is C31H29N7O3. The molecule has 1 unspecified atom stereocenters. The molecule has 41 heavy (non-hydrogen) atoms. The van der Waals surface area contributed by atoms with Crippen LogP contribution in [-0.4, -0.2) is 58.8 Å². The minimum absolute atomic E-state index is 0.0605. The Morgan fingerprint density at radius 2 is 1.93 bits per heavy atom. The Morgan fingerprint density at radius 3 is 2.76 bits per heavy atom. The van der Waals surface area contributed by atoms with Crippen molar-refractivity contribution in [2.24, 2.45) is 0 Å². The average Bonchev–Trinajstić information content (AvgIpc) is 3.39. The van der Waals surface area contributed by atoms with Crippen LogP contribution in [0.1, 0.15) is 38.7 Å². The van der Waals surface area contributed by atoms with Gasteiger partial charge >= 0.3 is 0 Å². The lowest BCUT2D eigenvalue weighted by atomic mass is 10.1. The molecule has 2 aliphatic heterocycles. The van der Waals surface area contributed by atoms with Crippen LogP contribution in [0.4, 0.5) is 11.5 Å². The summed E-state index contributed by atoms with van der Waals surface area (Å²) in [4.78, 5) is 36.1. The molecule has 10 nitrogen and oxygen atoms in total. The molecular weight excluding hydrogens is 518 g/mol. The van der Waals surface area contributed by atoms with Crippen molar-refractivity contribution >= 4 is 17.4 Å². The number of pyridine rings is 1. The van der Waals surface area contributed by atoms with Crippen LogP contribution in [0.5, 0.6) is 5.75 Å². The monoisotopic (exact) mass is 547 g/mol. The Labute approximate surface area is 237 Å². The van der Waals surface area contributed by atoms with Crippen LogP contribution >= 0.6 is 0 Å². The number of nitriles is 1. The van der Waals surface area contributed by atoms with Crippen molar-refractivity contribution < 1.29 is 9.53 Å². The summed E-state index contributed by atoms with van der Waals surface area (Å²) in [6, 6.07) is 21.0. The van der Waals surface area contributed by atoms with Crippen molar-refractivity contribution in [3.05, 3.63) is 111 Å². The standard InChI is InChI=1S/C31H29N7O3/c1-21-27(18-34-35-30(21)39)38-19-24-6-2-3-10-26(24)28(38)20-41-25-9-4-7-22(16-25)31(40)37-14-12-36(13-15-37)29-23(17-32)8-5-11-33-29/h2-11,16,18,28H,12-15,19-20H2,1H3,(H,35,39). The highest BCUT2D eigenvalue weighted by Gasteiger charge is 2.32. The number of ether oxygens (including phenoxy) is 1. The summed E-state index contributed by atoms with van der Waals surface area (Å²) in [5.74, 6) is 1.20. The zero-order valence-electron chi connectivity index (χ0n) is 22.7. The Bertz CT molecular complexity index is 1690. The number of piperazine rings is 1. The lowest BCUT2D eigenvalue weighted by Crippen LogP contribution is -2.49. The van der Waals surface area contributed by atoms with Gasteiger partial charge in [-0.2, -0.15) is 10.4 Å². The molecule has 1 N–H and O–H groups in total. The molecule has 4 heterocycles. The predicted molar refractivity (Wildman–Crippen MR) is 154 cm³/mol. The third kappa shape index (κ3) is 5.10. The summed E-state index contributed by atoms with van der Waals surface area (Å²) in [5.41, 5.74) is 4.58. The first-order valence-electron chi connectivity index (χ1n) is 13.5. The van der Waals surface area contributed by atoms with E-state index in [2.05, 4.69) is 38.3 Å². The van der Waals surface area contributed by atoms with Gasteiger partial charge in [-0.1, -0.05) is 30.3 Å². The molecule has 1 amide bonds. The van der Waals surface area contributed by atoms with Gasteiger partial charge in [0.2, 0.25) is 0 Å². The first-order chi connectivity index (χ1) is 20.0. The van der Waals surface area contributed by atoms with Gasteiger partial charge in [0.1, 0.15) is 24.2 Å². The molecule has 0 saturated carbocycles. The van der Waals surface area contributed by atoms with Crippen molar-refractivity contribution in [2.75, 3.05) is 42.6 Å². The highest BCUT2D eigenvalue weighted by atomic mass is 16.5. The Kier molecular flexibility index (Phi) is 7.08. The summed E-state index contributed by atoms with van der Waals surface area (Å²) in [7, 11) is 0. The van der Waals surface area contributed by atoms with Gasteiger partial charge in [0.15, 0.2) is 0 Å². The van der Waals surface area contributed by atoms with Gasteiger partial charge in [0.25, 0.3) is 11.5 Å². The third-order valence-electron chi connectivity index (χ3n) is 7.78. The second-order valence-electron chi connectivity index (χ2n) is 10.2. The highest BCUT2D eigenvalue weighted by Crippen LogP contribution is 2.38. The number of nitrogens with zero attached hydrogens (tertiary/aromatic N) is 6. The number of anilines is 2. The molecule has 2 aromatic heterocycles. The van der Waals surface area contributed by atoms with Gasteiger partial charge in [-0.05, 0) is 48.4 Å². The number of H-pyrrole nitrogens is 1. The molecule has 6 rings (SSSR count). The van der Waals surface area contributed by atoms with Crippen molar-refractivity contribution in [3.8, 4) is 11.8 Å². The number of rotatable bonds is 6. The van der Waals surface area contributed by atoms with Gasteiger partial charge in [0, 0.05) is 50.0 Å². The minimum atomic E-state index is -0.212. The highest BCUT2D eigenvalue weighted by molar-refractivity contribution is 5.94. The molecule has 1 fully saturated rings. The van der Waals surface area contributed by atoms with E-state index >= 15 is 0 Å². The minimum Gasteiger partial charge on any atom is -0.491 e. The lowest BCUT2D eigenvalue weighted by Gasteiger charge is -2.35. The number of aromatic nitrogens is 3. The maximum Gasteiger partial charge on any atom is 0.269 e. The van der Waals surface area contributed by atoms with Crippen LogP contribution in [0, 0.1) is 18.3 Å². The van der Waals surface area contributed by atoms with Crippen LogP contribution in [0.15, 0.2) is 77.9 Å². The number of hydrogen-bond acceptors (Lipinski definition) is 8. The van der Waals surface area contributed by atoms with E-state index in [1.807, 2.05) is 34.1 Å². The first kappa shape index (κ1) is 26.1. The first-order valence-corrected chi connectivity index (χ1v) is 13.5. The fraction of sp³-hybridized carbons (Fsp3) is 0.258. The van der Waals surface area contributed by atoms with Gasteiger partial charge in [-0.25, -0.2) is 10.1 Å². The Balaban J connectivity index is 1.15. The van der Waals surface area contributed by atoms with Crippen molar-refractivity contribution in [2.45, 2.75) is 19.5 Å². The van der Waals surface area contributed by atoms with Gasteiger partial charge < -0.3 is 19.4 Å². The number of nitrogens with one attached hydrogen (secondary N) is 1. The molecule has 206 valence electrons. The lowest BCUT2D eigenvalue weighted by molar-refractivity contribution is 0.0746. The maximum absolute atomic E-state index is 13.4. The maximum atomic E-state index is 13.4. The molecule has 0 spiro atoms. The molecule has 1 saturated heterocycles. The largest absolute Gasteiger partial charge is 0.491 e. The molecule has 0 bridgehead atoms. The number of carbonyl (C=O) groups is 1. The van der Waals surface area contributed by atoms with Crippen LogP contribution in [0.2, 0.25) is 0 Å². The average molecular weight is 548 g/mol. The zero-order chi connectivity index (χ0) is 28.3. The van der Waals surface area contributed by atoms with Crippen molar-refractivity contribution in [1.82, 2.24) is 20.1 Å². The summed E-state index contributed by atoms with van der Waals surface area (Å²) < 4.78 is 6.28. The number of aromatic amines is 1.